The predicted molar refractivity (Wildman–Crippen MR) is 77.5 cm³/mol. The molecular weight excluding hydrogens is 240 g/mol. The Morgan fingerprint density at radius 1 is 1.42 bits per heavy atom. The molecule has 1 saturated heterocycles. The van der Waals surface area contributed by atoms with Crippen molar-refractivity contribution in [3.8, 4) is 0 Å². The molecule has 2 heterocycles. The first-order chi connectivity index (χ1) is 9.22. The van der Waals surface area contributed by atoms with E-state index in [0.29, 0.717) is 11.9 Å². The lowest BCUT2D eigenvalue weighted by molar-refractivity contribution is 0.269. The first kappa shape index (κ1) is 14.1. The van der Waals surface area contributed by atoms with E-state index in [1.807, 2.05) is 0 Å². The molecule has 1 aliphatic rings. The highest BCUT2D eigenvalue weighted by atomic mass is 16.1. The van der Waals surface area contributed by atoms with Crippen molar-refractivity contribution in [2.45, 2.75) is 45.7 Å². The number of aryl methyl sites for hydroxylation is 1. The van der Waals surface area contributed by atoms with Crippen molar-refractivity contribution >= 4 is 5.82 Å². The highest BCUT2D eigenvalue weighted by molar-refractivity contribution is 5.30. The number of nitrogens with one attached hydrogen (secondary N) is 1. The molecule has 1 aromatic rings. The lowest BCUT2D eigenvalue weighted by atomic mass is 10.3. The quantitative estimate of drug-likeness (QED) is 0.847. The summed E-state index contributed by atoms with van der Waals surface area (Å²) < 4.78 is 1.72. The summed E-state index contributed by atoms with van der Waals surface area (Å²) in [7, 11) is 0. The summed E-state index contributed by atoms with van der Waals surface area (Å²) in [5.74, 6) is 0.474. The Hall–Kier alpha value is -1.36. The maximum absolute atomic E-state index is 12.1. The van der Waals surface area contributed by atoms with Crippen LogP contribution < -0.4 is 10.9 Å². The molecule has 0 aliphatic carbocycles. The monoisotopic (exact) mass is 264 g/mol. The fourth-order valence-electron chi connectivity index (χ4n) is 2.54. The minimum Gasteiger partial charge on any atom is -0.364 e. The first-order valence-corrected chi connectivity index (χ1v) is 7.25. The van der Waals surface area contributed by atoms with Gasteiger partial charge in [0.1, 0.15) is 0 Å². The minimum absolute atomic E-state index is 0.0158. The van der Waals surface area contributed by atoms with Crippen molar-refractivity contribution in [1.82, 2.24) is 14.5 Å². The Kier molecular flexibility index (Phi) is 4.96. The van der Waals surface area contributed by atoms with Gasteiger partial charge in [-0.2, -0.15) is 0 Å². The van der Waals surface area contributed by atoms with Crippen LogP contribution in [-0.2, 0) is 6.54 Å². The van der Waals surface area contributed by atoms with Crippen molar-refractivity contribution < 1.29 is 0 Å². The molecule has 0 amide bonds. The van der Waals surface area contributed by atoms with Crippen LogP contribution in [-0.4, -0.2) is 40.1 Å². The number of hydrogen-bond acceptors (Lipinski definition) is 4. The molecule has 0 bridgehead atoms. The van der Waals surface area contributed by atoms with Gasteiger partial charge in [0, 0.05) is 31.5 Å². The van der Waals surface area contributed by atoms with Gasteiger partial charge in [-0.15, -0.1) is 0 Å². The lowest BCUT2D eigenvalue weighted by Gasteiger charge is -2.23. The van der Waals surface area contributed by atoms with Gasteiger partial charge < -0.3 is 9.88 Å². The van der Waals surface area contributed by atoms with E-state index in [1.165, 1.54) is 25.9 Å². The average Bonchev–Trinajstić information content (AvgIpc) is 2.94. The fraction of sp³-hybridized carbons (Fsp3) is 0.714. The van der Waals surface area contributed by atoms with E-state index >= 15 is 0 Å². The summed E-state index contributed by atoms with van der Waals surface area (Å²) in [5.41, 5.74) is -0.0158. The zero-order chi connectivity index (χ0) is 13.7. The zero-order valence-electron chi connectivity index (χ0n) is 11.9. The first-order valence-electron chi connectivity index (χ1n) is 7.25. The topological polar surface area (TPSA) is 50.2 Å². The Morgan fingerprint density at radius 3 is 2.84 bits per heavy atom. The number of anilines is 1. The Bertz CT molecular complexity index is 451. The molecule has 1 aliphatic heterocycles. The molecule has 2 rings (SSSR count). The third kappa shape index (κ3) is 3.56. The van der Waals surface area contributed by atoms with Gasteiger partial charge in [-0.3, -0.25) is 9.69 Å². The van der Waals surface area contributed by atoms with Crippen molar-refractivity contribution in [2.75, 3.05) is 25.0 Å². The van der Waals surface area contributed by atoms with Crippen molar-refractivity contribution in [3.63, 3.8) is 0 Å². The maximum atomic E-state index is 12.1. The second-order valence-electron chi connectivity index (χ2n) is 5.25. The number of nitrogens with zero attached hydrogens (tertiary/aromatic N) is 3. The number of hydrogen-bond donors (Lipinski definition) is 1. The summed E-state index contributed by atoms with van der Waals surface area (Å²) in [6, 6.07) is 0.448. The van der Waals surface area contributed by atoms with Gasteiger partial charge in [0.25, 0.3) is 5.56 Å². The second-order valence-corrected chi connectivity index (χ2v) is 5.25. The van der Waals surface area contributed by atoms with E-state index in [1.54, 1.807) is 17.0 Å². The van der Waals surface area contributed by atoms with Gasteiger partial charge in [-0.05, 0) is 39.3 Å². The van der Waals surface area contributed by atoms with Gasteiger partial charge in [0.05, 0.1) is 0 Å². The second kappa shape index (κ2) is 6.70. The molecule has 0 radical (unpaired) electrons. The Labute approximate surface area is 114 Å². The molecule has 5 heteroatoms. The summed E-state index contributed by atoms with van der Waals surface area (Å²) in [4.78, 5) is 18.7. The summed E-state index contributed by atoms with van der Waals surface area (Å²) in [5, 5.41) is 3.20. The molecule has 0 saturated carbocycles. The van der Waals surface area contributed by atoms with E-state index in [9.17, 15) is 4.79 Å². The summed E-state index contributed by atoms with van der Waals surface area (Å²) in [6.07, 6.45) is 6.98. The van der Waals surface area contributed by atoms with E-state index in [0.717, 1.165) is 19.5 Å². The summed E-state index contributed by atoms with van der Waals surface area (Å²) in [6.45, 7) is 8.13. The molecule has 1 fully saturated rings. The van der Waals surface area contributed by atoms with Crippen molar-refractivity contribution in [1.29, 1.82) is 0 Å². The lowest BCUT2D eigenvalue weighted by Crippen LogP contribution is -2.37. The van der Waals surface area contributed by atoms with Crippen LogP contribution in [0.5, 0.6) is 0 Å². The van der Waals surface area contributed by atoms with Crippen LogP contribution in [0.25, 0.3) is 0 Å². The van der Waals surface area contributed by atoms with Gasteiger partial charge in [-0.25, -0.2) is 4.98 Å². The molecule has 0 aromatic carbocycles. The van der Waals surface area contributed by atoms with Crippen LogP contribution >= 0.6 is 0 Å². The molecule has 5 nitrogen and oxygen atoms in total. The minimum atomic E-state index is -0.0158. The van der Waals surface area contributed by atoms with Crippen LogP contribution in [0.15, 0.2) is 17.2 Å². The molecule has 19 heavy (non-hydrogen) atoms. The Morgan fingerprint density at radius 2 is 2.16 bits per heavy atom. The molecule has 0 spiro atoms. The number of rotatable bonds is 6. The molecule has 106 valence electrons. The van der Waals surface area contributed by atoms with Crippen molar-refractivity contribution in [3.05, 3.63) is 22.7 Å². The average molecular weight is 264 g/mol. The van der Waals surface area contributed by atoms with E-state index in [2.05, 4.69) is 29.0 Å². The van der Waals surface area contributed by atoms with E-state index in [4.69, 9.17) is 0 Å². The largest absolute Gasteiger partial charge is 0.364 e. The SMILES string of the molecule is CCCn1ccnc(NCC(C)N2CCCC2)c1=O. The van der Waals surface area contributed by atoms with Gasteiger partial charge >= 0.3 is 0 Å². The van der Waals surface area contributed by atoms with Gasteiger partial charge in [-0.1, -0.05) is 6.92 Å². The van der Waals surface area contributed by atoms with Crippen LogP contribution in [0.1, 0.15) is 33.1 Å². The number of aromatic nitrogens is 2. The van der Waals surface area contributed by atoms with Gasteiger partial charge in [0.2, 0.25) is 0 Å². The molecule has 1 unspecified atom stereocenters. The van der Waals surface area contributed by atoms with Crippen LogP contribution in [0.4, 0.5) is 5.82 Å². The Balaban J connectivity index is 1.95. The molecular formula is C14H24N4O. The normalized spacial score (nSPS) is 17.6. The molecule has 1 atom stereocenters. The smallest absolute Gasteiger partial charge is 0.293 e. The fourth-order valence-corrected chi connectivity index (χ4v) is 2.54. The number of likely N-dealkylation sites (tertiary alicyclic amines) is 1. The van der Waals surface area contributed by atoms with E-state index in [-0.39, 0.29) is 5.56 Å². The molecule has 1 aromatic heterocycles. The zero-order valence-corrected chi connectivity index (χ0v) is 11.9. The summed E-state index contributed by atoms with van der Waals surface area (Å²) >= 11 is 0. The van der Waals surface area contributed by atoms with Crippen LogP contribution in [0.3, 0.4) is 0 Å². The predicted octanol–water partition coefficient (Wildman–Crippen LogP) is 1.55. The highest BCUT2D eigenvalue weighted by Crippen LogP contribution is 2.11. The molecule has 1 N–H and O–H groups in total. The third-order valence-corrected chi connectivity index (χ3v) is 3.71. The van der Waals surface area contributed by atoms with E-state index < -0.39 is 0 Å². The van der Waals surface area contributed by atoms with Crippen molar-refractivity contribution in [2.24, 2.45) is 0 Å². The third-order valence-electron chi connectivity index (χ3n) is 3.71. The van der Waals surface area contributed by atoms with Gasteiger partial charge in [0.15, 0.2) is 5.82 Å². The van der Waals surface area contributed by atoms with Crippen LogP contribution in [0, 0.1) is 0 Å². The standard InChI is InChI=1S/C14H24N4O/c1-3-7-18-10-6-15-13(14(18)19)16-11-12(2)17-8-4-5-9-17/h6,10,12H,3-5,7-9,11H2,1-2H3,(H,15,16). The maximum Gasteiger partial charge on any atom is 0.293 e. The highest BCUT2D eigenvalue weighted by Gasteiger charge is 2.18. The van der Waals surface area contributed by atoms with Crippen LogP contribution in [0.2, 0.25) is 0 Å².